The summed E-state index contributed by atoms with van der Waals surface area (Å²) >= 11 is 0. The van der Waals surface area contributed by atoms with E-state index in [4.69, 9.17) is 9.84 Å². The van der Waals surface area contributed by atoms with Crippen LogP contribution in [-0.4, -0.2) is 26.6 Å². The summed E-state index contributed by atoms with van der Waals surface area (Å²) in [5, 5.41) is 9.14. The number of sulfonamides is 1. The molecule has 0 unspecified atom stereocenters. The first kappa shape index (κ1) is 22.9. The third-order valence-corrected chi connectivity index (χ3v) is 7.52. The molecule has 4 rings (SSSR count). The van der Waals surface area contributed by atoms with Crippen molar-refractivity contribution in [3.05, 3.63) is 77.9 Å². The molecule has 3 aromatic rings. The second-order valence-electron chi connectivity index (χ2n) is 8.31. The summed E-state index contributed by atoms with van der Waals surface area (Å²) in [4.78, 5) is 11.3. The Morgan fingerprint density at radius 3 is 2.33 bits per heavy atom. The monoisotopic (exact) mass is 465 g/mol. The van der Waals surface area contributed by atoms with Crippen molar-refractivity contribution in [2.45, 2.75) is 42.9 Å². The van der Waals surface area contributed by atoms with Gasteiger partial charge in [-0.3, -0.25) is 4.72 Å². The minimum absolute atomic E-state index is 0.00784. The standard InChI is InChI=1S/C26H27NO5S/c1-32-25-17-22(26(28)29)14-15-24(25)27-33(30,31)23-9-5-8-21(16-23)20-12-10-19(11-13-20)18-6-3-2-4-7-18/h5,8-18,27H,2-4,6-7H2,1H3,(H,28,29). The molecule has 33 heavy (non-hydrogen) atoms. The van der Waals surface area contributed by atoms with Crippen molar-refractivity contribution in [1.82, 2.24) is 0 Å². The number of ether oxygens (including phenoxy) is 1. The van der Waals surface area contributed by atoms with E-state index in [1.807, 2.05) is 6.07 Å². The number of anilines is 1. The molecular weight excluding hydrogens is 438 g/mol. The Hall–Kier alpha value is -3.32. The molecule has 1 saturated carbocycles. The summed E-state index contributed by atoms with van der Waals surface area (Å²) in [5.74, 6) is -0.371. The van der Waals surface area contributed by atoms with Gasteiger partial charge in [-0.25, -0.2) is 13.2 Å². The molecule has 2 N–H and O–H groups in total. The smallest absolute Gasteiger partial charge is 0.335 e. The van der Waals surface area contributed by atoms with E-state index in [-0.39, 0.29) is 21.9 Å². The summed E-state index contributed by atoms with van der Waals surface area (Å²) in [7, 11) is -2.55. The fourth-order valence-electron chi connectivity index (χ4n) is 4.34. The van der Waals surface area contributed by atoms with E-state index in [1.165, 1.54) is 69.0 Å². The zero-order valence-electron chi connectivity index (χ0n) is 18.5. The molecule has 6 nitrogen and oxygen atoms in total. The lowest BCUT2D eigenvalue weighted by molar-refractivity contribution is 0.0696. The first-order valence-corrected chi connectivity index (χ1v) is 12.5. The van der Waals surface area contributed by atoms with E-state index in [9.17, 15) is 13.2 Å². The molecule has 0 amide bonds. The van der Waals surface area contributed by atoms with Gasteiger partial charge >= 0.3 is 5.97 Å². The van der Waals surface area contributed by atoms with Crippen molar-refractivity contribution in [2.75, 3.05) is 11.8 Å². The van der Waals surface area contributed by atoms with Gasteiger partial charge in [0, 0.05) is 0 Å². The van der Waals surface area contributed by atoms with E-state index < -0.39 is 16.0 Å². The van der Waals surface area contributed by atoms with Crippen LogP contribution < -0.4 is 9.46 Å². The SMILES string of the molecule is COc1cc(C(=O)O)ccc1NS(=O)(=O)c1cccc(-c2ccc(C3CCCCC3)cc2)c1. The first-order chi connectivity index (χ1) is 15.9. The van der Waals surface area contributed by atoms with Gasteiger partial charge in [-0.05, 0) is 65.8 Å². The van der Waals surface area contributed by atoms with Gasteiger partial charge in [-0.2, -0.15) is 0 Å². The summed E-state index contributed by atoms with van der Waals surface area (Å²) in [5.41, 5.74) is 3.29. The Bertz CT molecular complexity index is 1250. The fourth-order valence-corrected chi connectivity index (χ4v) is 5.45. The maximum absolute atomic E-state index is 13.0. The highest BCUT2D eigenvalue weighted by molar-refractivity contribution is 7.92. The molecule has 0 heterocycles. The van der Waals surface area contributed by atoms with Crippen molar-refractivity contribution in [2.24, 2.45) is 0 Å². The quantitative estimate of drug-likeness (QED) is 0.453. The Labute approximate surface area is 194 Å². The molecular formula is C26H27NO5S. The van der Waals surface area contributed by atoms with Crippen molar-refractivity contribution < 1.29 is 23.1 Å². The maximum atomic E-state index is 13.0. The molecule has 1 aliphatic carbocycles. The molecule has 3 aromatic carbocycles. The third kappa shape index (κ3) is 5.20. The average molecular weight is 466 g/mol. The van der Waals surface area contributed by atoms with E-state index >= 15 is 0 Å². The minimum atomic E-state index is -3.91. The van der Waals surface area contributed by atoms with Gasteiger partial charge in [0.05, 0.1) is 23.3 Å². The lowest BCUT2D eigenvalue weighted by Gasteiger charge is -2.22. The number of carboxylic acids is 1. The van der Waals surface area contributed by atoms with Gasteiger partial charge in [-0.1, -0.05) is 55.7 Å². The number of benzene rings is 3. The van der Waals surface area contributed by atoms with Crippen molar-refractivity contribution in [3.8, 4) is 16.9 Å². The normalized spacial score (nSPS) is 14.6. The van der Waals surface area contributed by atoms with Crippen LogP contribution in [0.1, 0.15) is 53.9 Å². The lowest BCUT2D eigenvalue weighted by Crippen LogP contribution is -2.14. The summed E-state index contributed by atoms with van der Waals surface area (Å²) in [6.07, 6.45) is 6.34. The molecule has 1 fully saturated rings. The zero-order chi connectivity index (χ0) is 23.4. The fraction of sp³-hybridized carbons (Fsp3) is 0.269. The number of carbonyl (C=O) groups is 1. The predicted molar refractivity (Wildman–Crippen MR) is 128 cm³/mol. The van der Waals surface area contributed by atoms with Crippen molar-refractivity contribution >= 4 is 21.7 Å². The number of methoxy groups -OCH3 is 1. The van der Waals surface area contributed by atoms with Gasteiger partial charge in [-0.15, -0.1) is 0 Å². The second kappa shape index (κ2) is 9.67. The molecule has 1 aliphatic rings. The van der Waals surface area contributed by atoms with Crippen LogP contribution in [0.2, 0.25) is 0 Å². The molecule has 172 valence electrons. The summed E-state index contributed by atoms with van der Waals surface area (Å²) in [6, 6.07) is 19.2. The van der Waals surface area contributed by atoms with Crippen LogP contribution in [0.3, 0.4) is 0 Å². The van der Waals surface area contributed by atoms with Crippen LogP contribution in [-0.2, 0) is 10.0 Å². The molecule has 0 saturated heterocycles. The molecule has 0 aromatic heterocycles. The number of hydrogen-bond donors (Lipinski definition) is 2. The third-order valence-electron chi connectivity index (χ3n) is 6.16. The molecule has 0 spiro atoms. The van der Waals surface area contributed by atoms with E-state index in [2.05, 4.69) is 29.0 Å². The Morgan fingerprint density at radius 1 is 0.939 bits per heavy atom. The Balaban J connectivity index is 1.57. The van der Waals surface area contributed by atoms with E-state index in [0.717, 1.165) is 11.1 Å². The van der Waals surface area contributed by atoms with E-state index in [1.54, 1.807) is 12.1 Å². The molecule has 0 radical (unpaired) electrons. The van der Waals surface area contributed by atoms with Gasteiger partial charge in [0.15, 0.2) is 0 Å². The summed E-state index contributed by atoms with van der Waals surface area (Å²) in [6.45, 7) is 0. The Morgan fingerprint density at radius 2 is 1.67 bits per heavy atom. The van der Waals surface area contributed by atoms with Gasteiger partial charge in [0.25, 0.3) is 10.0 Å². The average Bonchev–Trinajstić information content (AvgIpc) is 2.84. The van der Waals surface area contributed by atoms with Crippen LogP contribution in [0.5, 0.6) is 5.75 Å². The number of carboxylic acid groups (broad SMARTS) is 1. The van der Waals surface area contributed by atoms with Crippen LogP contribution in [0, 0.1) is 0 Å². The van der Waals surface area contributed by atoms with Crippen molar-refractivity contribution in [1.29, 1.82) is 0 Å². The van der Waals surface area contributed by atoms with E-state index in [0.29, 0.717) is 5.92 Å². The highest BCUT2D eigenvalue weighted by atomic mass is 32.2. The highest BCUT2D eigenvalue weighted by Crippen LogP contribution is 2.34. The minimum Gasteiger partial charge on any atom is -0.495 e. The summed E-state index contributed by atoms with van der Waals surface area (Å²) < 4.78 is 33.8. The molecule has 0 atom stereocenters. The van der Waals surface area contributed by atoms with Gasteiger partial charge < -0.3 is 9.84 Å². The maximum Gasteiger partial charge on any atom is 0.335 e. The van der Waals surface area contributed by atoms with Gasteiger partial charge in [0.2, 0.25) is 0 Å². The number of hydrogen-bond acceptors (Lipinski definition) is 4. The van der Waals surface area contributed by atoms with Crippen LogP contribution in [0.4, 0.5) is 5.69 Å². The first-order valence-electron chi connectivity index (χ1n) is 11.0. The van der Waals surface area contributed by atoms with Crippen LogP contribution in [0.15, 0.2) is 71.6 Å². The number of nitrogens with one attached hydrogen (secondary N) is 1. The Kier molecular flexibility index (Phi) is 6.70. The number of aromatic carboxylic acids is 1. The molecule has 0 bridgehead atoms. The number of rotatable bonds is 7. The van der Waals surface area contributed by atoms with Crippen LogP contribution in [0.25, 0.3) is 11.1 Å². The van der Waals surface area contributed by atoms with Crippen molar-refractivity contribution in [3.63, 3.8) is 0 Å². The second-order valence-corrected chi connectivity index (χ2v) is 9.99. The highest BCUT2D eigenvalue weighted by Gasteiger charge is 2.19. The largest absolute Gasteiger partial charge is 0.495 e. The molecule has 0 aliphatic heterocycles. The molecule has 7 heteroatoms. The van der Waals surface area contributed by atoms with Crippen LogP contribution >= 0.6 is 0 Å². The predicted octanol–water partition coefficient (Wildman–Crippen LogP) is 5.91. The zero-order valence-corrected chi connectivity index (χ0v) is 19.3. The lowest BCUT2D eigenvalue weighted by atomic mass is 9.84. The van der Waals surface area contributed by atoms with Gasteiger partial charge in [0.1, 0.15) is 5.75 Å². The topological polar surface area (TPSA) is 92.7 Å².